The SMILES string of the molecule is NCOCNc1c(N)[nH]c(=O)[nH]c1=O. The third-order valence-electron chi connectivity index (χ3n) is 1.44. The van der Waals surface area contributed by atoms with Crippen LogP contribution in [-0.4, -0.2) is 23.4 Å². The van der Waals surface area contributed by atoms with Crippen molar-refractivity contribution in [2.24, 2.45) is 5.73 Å². The number of ether oxygens (including phenoxy) is 1. The van der Waals surface area contributed by atoms with Crippen molar-refractivity contribution < 1.29 is 4.74 Å². The summed E-state index contributed by atoms with van der Waals surface area (Å²) in [5, 5.41) is 2.57. The van der Waals surface area contributed by atoms with E-state index in [0.717, 1.165) is 0 Å². The number of nitrogens with one attached hydrogen (secondary N) is 3. The molecule has 0 bridgehead atoms. The van der Waals surface area contributed by atoms with Crippen LogP contribution in [0.2, 0.25) is 0 Å². The molecule has 0 radical (unpaired) electrons. The highest BCUT2D eigenvalue weighted by Crippen LogP contribution is 2.04. The first-order valence-electron chi connectivity index (χ1n) is 3.79. The van der Waals surface area contributed by atoms with Crippen molar-refractivity contribution in [3.05, 3.63) is 20.8 Å². The van der Waals surface area contributed by atoms with Crippen molar-refractivity contribution in [1.82, 2.24) is 9.97 Å². The Morgan fingerprint density at radius 1 is 1.36 bits per heavy atom. The fourth-order valence-electron chi connectivity index (χ4n) is 0.862. The average Bonchev–Trinajstić information content (AvgIpc) is 2.09. The fraction of sp³-hybridized carbons (Fsp3) is 0.333. The number of nitrogen functional groups attached to an aromatic ring is 1. The normalized spacial score (nSPS) is 10.1. The molecule has 0 aromatic carbocycles. The van der Waals surface area contributed by atoms with E-state index < -0.39 is 11.2 Å². The third-order valence-corrected chi connectivity index (χ3v) is 1.44. The van der Waals surface area contributed by atoms with Crippen molar-refractivity contribution in [1.29, 1.82) is 0 Å². The van der Waals surface area contributed by atoms with Crippen LogP contribution in [0.5, 0.6) is 0 Å². The molecule has 1 aromatic heterocycles. The lowest BCUT2D eigenvalue weighted by Gasteiger charge is -2.06. The molecule has 8 nitrogen and oxygen atoms in total. The first-order chi connectivity index (χ1) is 6.65. The van der Waals surface area contributed by atoms with E-state index in [4.69, 9.17) is 16.2 Å². The molecule has 0 saturated heterocycles. The van der Waals surface area contributed by atoms with E-state index in [-0.39, 0.29) is 25.0 Å². The van der Waals surface area contributed by atoms with Crippen molar-refractivity contribution in [2.75, 3.05) is 24.5 Å². The van der Waals surface area contributed by atoms with E-state index in [0.29, 0.717) is 0 Å². The van der Waals surface area contributed by atoms with Gasteiger partial charge in [-0.1, -0.05) is 0 Å². The minimum Gasteiger partial charge on any atom is -0.383 e. The first-order valence-corrected chi connectivity index (χ1v) is 3.79. The summed E-state index contributed by atoms with van der Waals surface area (Å²) in [7, 11) is 0. The van der Waals surface area contributed by atoms with Gasteiger partial charge in [0.25, 0.3) is 5.56 Å². The second-order valence-electron chi connectivity index (χ2n) is 2.39. The van der Waals surface area contributed by atoms with Crippen LogP contribution in [0.1, 0.15) is 0 Å². The van der Waals surface area contributed by atoms with Gasteiger partial charge in [-0.2, -0.15) is 0 Å². The van der Waals surface area contributed by atoms with Crippen molar-refractivity contribution in [3.63, 3.8) is 0 Å². The Morgan fingerprint density at radius 3 is 2.64 bits per heavy atom. The summed E-state index contributed by atoms with van der Waals surface area (Å²) in [5.74, 6) is -0.0422. The van der Waals surface area contributed by atoms with E-state index in [1.54, 1.807) is 0 Å². The Labute approximate surface area is 78.3 Å². The van der Waals surface area contributed by atoms with E-state index in [9.17, 15) is 9.59 Å². The maximum Gasteiger partial charge on any atom is 0.327 e. The van der Waals surface area contributed by atoms with Crippen LogP contribution in [0.4, 0.5) is 11.5 Å². The van der Waals surface area contributed by atoms with Crippen molar-refractivity contribution in [3.8, 4) is 0 Å². The van der Waals surface area contributed by atoms with Crippen LogP contribution < -0.4 is 28.0 Å². The molecular weight excluding hydrogens is 190 g/mol. The van der Waals surface area contributed by atoms with Crippen molar-refractivity contribution in [2.45, 2.75) is 0 Å². The summed E-state index contributed by atoms with van der Waals surface area (Å²) in [6, 6.07) is 0. The van der Waals surface area contributed by atoms with Gasteiger partial charge in [-0.15, -0.1) is 0 Å². The van der Waals surface area contributed by atoms with Crippen LogP contribution in [0.25, 0.3) is 0 Å². The molecule has 0 fully saturated rings. The van der Waals surface area contributed by atoms with Gasteiger partial charge >= 0.3 is 5.69 Å². The topological polar surface area (TPSA) is 139 Å². The number of aromatic nitrogens is 2. The summed E-state index contributed by atoms with van der Waals surface area (Å²) in [5.41, 5.74) is 9.23. The van der Waals surface area contributed by atoms with Gasteiger partial charge in [0, 0.05) is 0 Å². The van der Waals surface area contributed by atoms with Gasteiger partial charge in [-0.05, 0) is 0 Å². The van der Waals surface area contributed by atoms with E-state index in [2.05, 4.69) is 10.3 Å². The second-order valence-corrected chi connectivity index (χ2v) is 2.39. The Hall–Kier alpha value is -1.80. The van der Waals surface area contributed by atoms with Gasteiger partial charge in [0.2, 0.25) is 0 Å². The maximum atomic E-state index is 11.2. The zero-order valence-electron chi connectivity index (χ0n) is 7.29. The number of hydrogen-bond acceptors (Lipinski definition) is 6. The Kier molecular flexibility index (Phi) is 3.26. The molecule has 0 aliphatic heterocycles. The average molecular weight is 201 g/mol. The highest BCUT2D eigenvalue weighted by molar-refractivity contribution is 5.59. The number of hydrogen-bond donors (Lipinski definition) is 5. The smallest absolute Gasteiger partial charge is 0.327 e. The molecule has 14 heavy (non-hydrogen) atoms. The first kappa shape index (κ1) is 10.3. The van der Waals surface area contributed by atoms with E-state index in [1.165, 1.54) is 0 Å². The summed E-state index contributed by atoms with van der Waals surface area (Å²) in [6.45, 7) is 0.0595. The molecule has 78 valence electrons. The number of nitrogens with two attached hydrogens (primary N) is 2. The lowest BCUT2D eigenvalue weighted by molar-refractivity contribution is 0.159. The Bertz CT molecular complexity index is 409. The minimum absolute atomic E-state index is 0.0220. The lowest BCUT2D eigenvalue weighted by Crippen LogP contribution is -2.28. The van der Waals surface area contributed by atoms with Crippen LogP contribution in [-0.2, 0) is 4.74 Å². The fourth-order valence-corrected chi connectivity index (χ4v) is 0.862. The highest BCUT2D eigenvalue weighted by atomic mass is 16.5. The molecule has 7 N–H and O–H groups in total. The molecule has 8 heteroatoms. The van der Waals surface area contributed by atoms with Gasteiger partial charge in [0.1, 0.15) is 18.2 Å². The standard InChI is InChI=1S/C6H11N5O3/c7-1-14-2-9-3-4(8)10-6(13)11-5(3)12/h9H,1-2,7H2,(H4,8,10,11,12,13). The van der Waals surface area contributed by atoms with Crippen molar-refractivity contribution >= 4 is 11.5 Å². The van der Waals surface area contributed by atoms with Crippen LogP contribution >= 0.6 is 0 Å². The zero-order chi connectivity index (χ0) is 10.6. The number of aromatic amines is 2. The van der Waals surface area contributed by atoms with Gasteiger partial charge < -0.3 is 21.5 Å². The molecule has 0 atom stereocenters. The highest BCUT2D eigenvalue weighted by Gasteiger charge is 2.04. The van der Waals surface area contributed by atoms with Gasteiger partial charge in [0.15, 0.2) is 0 Å². The van der Waals surface area contributed by atoms with Gasteiger partial charge in [-0.25, -0.2) is 4.79 Å². The summed E-state index contributed by atoms with van der Waals surface area (Å²) >= 11 is 0. The summed E-state index contributed by atoms with van der Waals surface area (Å²) in [6.07, 6.45) is 0. The minimum atomic E-state index is -0.655. The Balaban J connectivity index is 2.86. The maximum absolute atomic E-state index is 11.2. The van der Waals surface area contributed by atoms with Crippen LogP contribution in [0.15, 0.2) is 9.59 Å². The van der Waals surface area contributed by atoms with Gasteiger partial charge in [-0.3, -0.25) is 14.8 Å². The van der Waals surface area contributed by atoms with Crippen LogP contribution in [0.3, 0.4) is 0 Å². The van der Waals surface area contributed by atoms with E-state index in [1.807, 2.05) is 4.98 Å². The second kappa shape index (κ2) is 4.44. The molecular formula is C6H11N5O3. The summed E-state index contributed by atoms with van der Waals surface area (Å²) in [4.78, 5) is 26.1. The summed E-state index contributed by atoms with van der Waals surface area (Å²) < 4.78 is 4.74. The molecule has 0 aliphatic carbocycles. The largest absolute Gasteiger partial charge is 0.383 e. The molecule has 0 unspecified atom stereocenters. The number of anilines is 2. The number of H-pyrrole nitrogens is 2. The molecule has 0 saturated carbocycles. The van der Waals surface area contributed by atoms with E-state index >= 15 is 0 Å². The monoisotopic (exact) mass is 201 g/mol. The van der Waals surface area contributed by atoms with Crippen LogP contribution in [0, 0.1) is 0 Å². The lowest BCUT2D eigenvalue weighted by atomic mass is 10.5. The zero-order valence-corrected chi connectivity index (χ0v) is 7.29. The molecule has 1 aromatic rings. The molecule has 0 aliphatic rings. The predicted molar refractivity (Wildman–Crippen MR) is 50.7 cm³/mol. The molecule has 0 amide bonds. The van der Waals surface area contributed by atoms with Gasteiger partial charge in [0.05, 0.1) is 6.73 Å². The Morgan fingerprint density at radius 2 is 2.07 bits per heavy atom. The molecule has 0 spiro atoms. The number of rotatable bonds is 4. The molecule has 1 rings (SSSR count). The predicted octanol–water partition coefficient (Wildman–Crippen LogP) is -2.05. The molecule has 1 heterocycles. The third kappa shape index (κ3) is 2.34. The quantitative estimate of drug-likeness (QED) is 0.280.